The number of hydrogen-bond acceptors (Lipinski definition) is 3. The van der Waals surface area contributed by atoms with Gasteiger partial charge in [0.15, 0.2) is 0 Å². The average Bonchev–Trinajstić information content (AvgIpc) is 2.67. The Balaban J connectivity index is 1.96. The number of carbonyl (C=O) groups is 2. The highest BCUT2D eigenvalue weighted by molar-refractivity contribution is 5.97. The van der Waals surface area contributed by atoms with Crippen LogP contribution in [0.25, 0.3) is 0 Å². The number of nitrogens with one attached hydrogen (secondary N) is 2. The molecule has 0 saturated carbocycles. The molecule has 2 aromatic carbocycles. The molecule has 2 aromatic rings. The fourth-order valence-corrected chi connectivity index (χ4v) is 2.84. The first kappa shape index (κ1) is 21.5. The van der Waals surface area contributed by atoms with E-state index in [-0.39, 0.29) is 23.9 Å². The van der Waals surface area contributed by atoms with Crippen LogP contribution in [0.15, 0.2) is 42.5 Å². The van der Waals surface area contributed by atoms with Crippen molar-refractivity contribution in [1.82, 2.24) is 10.2 Å². The van der Waals surface area contributed by atoms with Gasteiger partial charge in [0.05, 0.1) is 6.54 Å². The van der Waals surface area contributed by atoms with E-state index in [0.717, 1.165) is 6.07 Å². The van der Waals surface area contributed by atoms with Crippen molar-refractivity contribution in [3.05, 3.63) is 65.2 Å². The highest BCUT2D eigenvalue weighted by atomic mass is 19.1. The first-order valence-corrected chi connectivity index (χ1v) is 9.23. The first-order valence-electron chi connectivity index (χ1n) is 9.23. The molecule has 5 nitrogen and oxygen atoms in total. The molecule has 0 heterocycles. The zero-order valence-corrected chi connectivity index (χ0v) is 16.3. The summed E-state index contributed by atoms with van der Waals surface area (Å²) >= 11 is 0. The molecule has 0 aliphatic carbocycles. The summed E-state index contributed by atoms with van der Waals surface area (Å²) in [7, 11) is 0. The standard InChI is InChI=1S/C21H25F2N3O2/c1-4-26(5-2)21(28)15-7-6-8-17(11-15)25-20(27)13-24-14(3)18-10-9-16(22)12-19(18)23/h6-12,14,24H,4-5,13H2,1-3H3,(H,25,27)/t14-/m1/s1. The number of rotatable bonds is 8. The van der Waals surface area contributed by atoms with Crippen molar-refractivity contribution >= 4 is 17.5 Å². The van der Waals surface area contributed by atoms with Crippen molar-refractivity contribution in [2.24, 2.45) is 0 Å². The smallest absolute Gasteiger partial charge is 0.253 e. The quantitative estimate of drug-likeness (QED) is 0.723. The van der Waals surface area contributed by atoms with Crippen LogP contribution >= 0.6 is 0 Å². The molecule has 0 aliphatic rings. The van der Waals surface area contributed by atoms with E-state index in [2.05, 4.69) is 10.6 Å². The third kappa shape index (κ3) is 5.60. The molecule has 7 heteroatoms. The van der Waals surface area contributed by atoms with Gasteiger partial charge in [0.2, 0.25) is 5.91 Å². The number of carbonyl (C=O) groups excluding carboxylic acids is 2. The second-order valence-corrected chi connectivity index (χ2v) is 6.37. The van der Waals surface area contributed by atoms with Crippen molar-refractivity contribution in [2.75, 3.05) is 25.0 Å². The Labute approximate surface area is 163 Å². The van der Waals surface area contributed by atoms with E-state index in [9.17, 15) is 18.4 Å². The number of benzene rings is 2. The van der Waals surface area contributed by atoms with Crippen LogP contribution in [0.5, 0.6) is 0 Å². The van der Waals surface area contributed by atoms with Crippen LogP contribution in [0.1, 0.15) is 42.7 Å². The van der Waals surface area contributed by atoms with Crippen LogP contribution < -0.4 is 10.6 Å². The first-order chi connectivity index (χ1) is 13.3. The molecule has 150 valence electrons. The van der Waals surface area contributed by atoms with E-state index in [1.807, 2.05) is 13.8 Å². The molecule has 0 spiro atoms. The largest absolute Gasteiger partial charge is 0.339 e. The fourth-order valence-electron chi connectivity index (χ4n) is 2.84. The maximum absolute atomic E-state index is 13.8. The zero-order valence-electron chi connectivity index (χ0n) is 16.3. The molecule has 0 aromatic heterocycles. The minimum absolute atomic E-state index is 0.0633. The molecule has 0 aliphatic heterocycles. The van der Waals surface area contributed by atoms with Gasteiger partial charge in [0, 0.05) is 42.0 Å². The van der Waals surface area contributed by atoms with Crippen LogP contribution in [0, 0.1) is 11.6 Å². The summed E-state index contributed by atoms with van der Waals surface area (Å²) in [4.78, 5) is 26.3. The maximum atomic E-state index is 13.8. The Kier molecular flexibility index (Phi) is 7.63. The lowest BCUT2D eigenvalue weighted by Gasteiger charge is -2.19. The number of amides is 2. The van der Waals surface area contributed by atoms with Crippen molar-refractivity contribution in [1.29, 1.82) is 0 Å². The predicted molar refractivity (Wildman–Crippen MR) is 105 cm³/mol. The molecule has 0 unspecified atom stereocenters. The second-order valence-electron chi connectivity index (χ2n) is 6.37. The topological polar surface area (TPSA) is 61.4 Å². The summed E-state index contributed by atoms with van der Waals surface area (Å²) in [6.07, 6.45) is 0. The summed E-state index contributed by atoms with van der Waals surface area (Å²) in [6.45, 7) is 6.65. The normalized spacial score (nSPS) is 11.8. The van der Waals surface area contributed by atoms with Gasteiger partial charge in [-0.05, 0) is 45.0 Å². The summed E-state index contributed by atoms with van der Waals surface area (Å²) in [6, 6.07) is 9.59. The van der Waals surface area contributed by atoms with Crippen molar-refractivity contribution in [3.63, 3.8) is 0 Å². The second kappa shape index (κ2) is 9.94. The van der Waals surface area contributed by atoms with Gasteiger partial charge in [-0.2, -0.15) is 0 Å². The fraction of sp³-hybridized carbons (Fsp3) is 0.333. The minimum Gasteiger partial charge on any atom is -0.339 e. The lowest BCUT2D eigenvalue weighted by atomic mass is 10.1. The Morgan fingerprint density at radius 3 is 2.43 bits per heavy atom. The Morgan fingerprint density at radius 1 is 1.07 bits per heavy atom. The van der Waals surface area contributed by atoms with E-state index in [0.29, 0.717) is 24.3 Å². The molecule has 2 N–H and O–H groups in total. The number of anilines is 1. The monoisotopic (exact) mass is 389 g/mol. The lowest BCUT2D eigenvalue weighted by Crippen LogP contribution is -2.31. The summed E-state index contributed by atoms with van der Waals surface area (Å²) < 4.78 is 26.8. The lowest BCUT2D eigenvalue weighted by molar-refractivity contribution is -0.115. The molecular weight excluding hydrogens is 364 g/mol. The van der Waals surface area contributed by atoms with E-state index < -0.39 is 17.7 Å². The van der Waals surface area contributed by atoms with Gasteiger partial charge in [0.25, 0.3) is 5.91 Å². The molecule has 2 amide bonds. The van der Waals surface area contributed by atoms with Crippen molar-refractivity contribution in [3.8, 4) is 0 Å². The Morgan fingerprint density at radius 2 is 1.79 bits per heavy atom. The van der Waals surface area contributed by atoms with Gasteiger partial charge >= 0.3 is 0 Å². The van der Waals surface area contributed by atoms with E-state index in [1.165, 1.54) is 12.1 Å². The molecule has 0 bridgehead atoms. The van der Waals surface area contributed by atoms with Crippen LogP contribution in [0.2, 0.25) is 0 Å². The van der Waals surface area contributed by atoms with Crippen LogP contribution in [0.4, 0.5) is 14.5 Å². The van der Waals surface area contributed by atoms with E-state index in [1.54, 1.807) is 36.1 Å². The van der Waals surface area contributed by atoms with Crippen LogP contribution in [-0.2, 0) is 4.79 Å². The van der Waals surface area contributed by atoms with Crippen molar-refractivity contribution in [2.45, 2.75) is 26.8 Å². The van der Waals surface area contributed by atoms with Crippen molar-refractivity contribution < 1.29 is 18.4 Å². The van der Waals surface area contributed by atoms with Gasteiger partial charge in [-0.25, -0.2) is 8.78 Å². The molecule has 2 rings (SSSR count). The SMILES string of the molecule is CCN(CC)C(=O)c1cccc(NC(=O)CN[C@H](C)c2ccc(F)cc2F)c1. The van der Waals surface area contributed by atoms with Gasteiger partial charge in [-0.3, -0.25) is 9.59 Å². The van der Waals surface area contributed by atoms with Gasteiger partial charge in [-0.1, -0.05) is 12.1 Å². The van der Waals surface area contributed by atoms with Gasteiger partial charge in [0.1, 0.15) is 11.6 Å². The highest BCUT2D eigenvalue weighted by Gasteiger charge is 2.15. The van der Waals surface area contributed by atoms with Crippen LogP contribution in [-0.4, -0.2) is 36.3 Å². The highest BCUT2D eigenvalue weighted by Crippen LogP contribution is 2.17. The Bertz CT molecular complexity index is 838. The summed E-state index contributed by atoms with van der Waals surface area (Å²) in [5.41, 5.74) is 1.28. The summed E-state index contributed by atoms with van der Waals surface area (Å²) in [5, 5.41) is 5.62. The molecule has 0 saturated heterocycles. The summed E-state index contributed by atoms with van der Waals surface area (Å²) in [5.74, 6) is -1.74. The molecule has 28 heavy (non-hydrogen) atoms. The van der Waals surface area contributed by atoms with Gasteiger partial charge < -0.3 is 15.5 Å². The molecular formula is C21H25F2N3O2. The van der Waals surface area contributed by atoms with Gasteiger partial charge in [-0.15, -0.1) is 0 Å². The average molecular weight is 389 g/mol. The van der Waals surface area contributed by atoms with E-state index in [4.69, 9.17) is 0 Å². The third-order valence-corrected chi connectivity index (χ3v) is 4.44. The predicted octanol–water partition coefficient (Wildman–Crippen LogP) is 3.74. The Hall–Kier alpha value is -2.80. The minimum atomic E-state index is -0.664. The maximum Gasteiger partial charge on any atom is 0.253 e. The van der Waals surface area contributed by atoms with E-state index >= 15 is 0 Å². The molecule has 1 atom stereocenters. The zero-order chi connectivity index (χ0) is 20.7. The third-order valence-electron chi connectivity index (χ3n) is 4.44. The molecule has 0 radical (unpaired) electrons. The van der Waals surface area contributed by atoms with Crippen LogP contribution in [0.3, 0.4) is 0 Å². The number of hydrogen-bond donors (Lipinski definition) is 2. The number of halogens is 2. The molecule has 0 fully saturated rings. The number of nitrogens with zero attached hydrogens (tertiary/aromatic N) is 1.